The van der Waals surface area contributed by atoms with Gasteiger partial charge in [0.25, 0.3) is 5.90 Å². The van der Waals surface area contributed by atoms with Crippen LogP contribution in [0, 0.1) is 6.92 Å². The van der Waals surface area contributed by atoms with Crippen molar-refractivity contribution in [2.45, 2.75) is 0 Å². The van der Waals surface area contributed by atoms with E-state index in [2.05, 4.69) is 11.9 Å². The fourth-order valence-electron chi connectivity index (χ4n) is 0.504. The maximum Gasteiger partial charge on any atom is 0.253 e. The maximum atomic E-state index is 10.3. The summed E-state index contributed by atoms with van der Waals surface area (Å²) in [6.45, 7) is 4.24. The second-order valence-corrected chi connectivity index (χ2v) is 1.46. The van der Waals surface area contributed by atoms with Crippen LogP contribution in [0.2, 0.25) is 0 Å². The number of hydrogen-bond donors (Lipinski definition) is 0. The molecule has 0 atom stereocenters. The Morgan fingerprint density at radius 3 is 2.88 bits per heavy atom. The number of ketones is 1. The molecule has 0 saturated heterocycles. The highest BCUT2D eigenvalue weighted by molar-refractivity contribution is 6.38. The molecule has 0 spiro atoms. The third kappa shape index (κ3) is 0.857. The molecule has 43 valence electrons. The zero-order chi connectivity index (χ0) is 5.98. The van der Waals surface area contributed by atoms with E-state index < -0.39 is 0 Å². The average Bonchev–Trinajstić information content (AvgIpc) is 2.12. The molecule has 0 amide bonds. The zero-order valence-electron chi connectivity index (χ0n) is 4.39. The monoisotopic (exact) mass is 112 g/mol. The summed E-state index contributed by atoms with van der Waals surface area (Å²) in [7, 11) is 0. The Labute approximate surface area is 47.4 Å². The summed E-state index contributed by atoms with van der Waals surface area (Å²) in [6, 6.07) is 0. The Bertz CT molecular complexity index is 139. The van der Waals surface area contributed by atoms with E-state index in [9.17, 15) is 4.79 Å². The largest absolute Gasteiger partial charge is 0.473 e. The number of carbonyl (C=O) groups is 1. The van der Waals surface area contributed by atoms with E-state index >= 15 is 0 Å². The Balaban J connectivity index is 2.57. The van der Waals surface area contributed by atoms with Gasteiger partial charge in [0.15, 0.2) is 0 Å². The van der Waals surface area contributed by atoms with Crippen LogP contribution in [0.15, 0.2) is 4.99 Å². The number of carbonyl (C=O) groups excluding carboxylic acids is 1. The number of nitrogens with zero attached hydrogens (tertiary/aromatic N) is 1. The molecule has 0 aromatic carbocycles. The molecule has 0 saturated carbocycles. The van der Waals surface area contributed by atoms with Crippen LogP contribution in [0.1, 0.15) is 0 Å². The fraction of sp³-hybridized carbons (Fsp3) is 0.400. The van der Waals surface area contributed by atoms with Crippen LogP contribution in [-0.4, -0.2) is 24.8 Å². The van der Waals surface area contributed by atoms with Crippen molar-refractivity contribution in [2.24, 2.45) is 4.99 Å². The summed E-state index contributed by atoms with van der Waals surface area (Å²) in [5.41, 5.74) is 0. The Hall–Kier alpha value is -0.860. The second kappa shape index (κ2) is 1.94. The first-order chi connectivity index (χ1) is 3.80. The van der Waals surface area contributed by atoms with Gasteiger partial charge in [0.2, 0.25) is 5.78 Å². The molecule has 1 radical (unpaired) electrons. The summed E-state index contributed by atoms with van der Waals surface area (Å²) in [5, 5.41) is 0. The third-order valence-corrected chi connectivity index (χ3v) is 0.824. The lowest BCUT2D eigenvalue weighted by molar-refractivity contribution is -0.110. The van der Waals surface area contributed by atoms with Gasteiger partial charge < -0.3 is 4.74 Å². The first-order valence-electron chi connectivity index (χ1n) is 2.34. The van der Waals surface area contributed by atoms with E-state index in [1.54, 1.807) is 0 Å². The number of hydrogen-bond acceptors (Lipinski definition) is 3. The molecule has 3 heteroatoms. The van der Waals surface area contributed by atoms with Crippen molar-refractivity contribution in [3.8, 4) is 0 Å². The first kappa shape index (κ1) is 5.28. The molecule has 1 heterocycles. The molecule has 1 aliphatic rings. The van der Waals surface area contributed by atoms with E-state index in [-0.39, 0.29) is 11.7 Å². The van der Waals surface area contributed by atoms with Crippen molar-refractivity contribution in [1.29, 1.82) is 0 Å². The molecule has 0 aromatic heterocycles. The quantitative estimate of drug-likeness (QED) is 0.472. The number of Topliss-reactive ketones (excluding diaryl/α,β-unsaturated/α-hetero) is 1. The van der Waals surface area contributed by atoms with Gasteiger partial charge in [-0.3, -0.25) is 4.79 Å². The van der Waals surface area contributed by atoms with Gasteiger partial charge in [-0.15, -0.1) is 0 Å². The molecule has 0 aliphatic carbocycles. The molecular formula is C5H6NO2. The smallest absolute Gasteiger partial charge is 0.253 e. The molecule has 0 aromatic rings. The Kier molecular flexibility index (Phi) is 1.28. The molecule has 0 bridgehead atoms. The van der Waals surface area contributed by atoms with Gasteiger partial charge in [-0.1, -0.05) is 0 Å². The molecule has 0 unspecified atom stereocenters. The molecular weight excluding hydrogens is 106 g/mol. The SMILES string of the molecule is [CH2]C(=O)C1=NCCO1. The maximum absolute atomic E-state index is 10.3. The molecule has 0 fully saturated rings. The number of aliphatic imine (C=N–C) groups is 1. The normalized spacial score (nSPS) is 17.4. The summed E-state index contributed by atoms with van der Waals surface area (Å²) in [6.07, 6.45) is 0. The average molecular weight is 112 g/mol. The van der Waals surface area contributed by atoms with Gasteiger partial charge in [-0.05, 0) is 0 Å². The van der Waals surface area contributed by atoms with Crippen molar-refractivity contribution >= 4 is 11.7 Å². The standard InChI is InChI=1S/C5H6NO2/c1-4(7)5-6-2-3-8-5/h1-3H2. The molecule has 3 nitrogen and oxygen atoms in total. The predicted octanol–water partition coefficient (Wildman–Crippen LogP) is -0.182. The van der Waals surface area contributed by atoms with Gasteiger partial charge >= 0.3 is 0 Å². The van der Waals surface area contributed by atoms with Crippen molar-refractivity contribution in [2.75, 3.05) is 13.2 Å². The Morgan fingerprint density at radius 1 is 1.88 bits per heavy atom. The van der Waals surface area contributed by atoms with Gasteiger partial charge in [0.05, 0.1) is 6.54 Å². The first-order valence-corrected chi connectivity index (χ1v) is 2.34. The van der Waals surface area contributed by atoms with Crippen LogP contribution >= 0.6 is 0 Å². The lowest BCUT2D eigenvalue weighted by Crippen LogP contribution is -2.09. The van der Waals surface area contributed by atoms with Crippen LogP contribution < -0.4 is 0 Å². The van der Waals surface area contributed by atoms with Crippen molar-refractivity contribution in [1.82, 2.24) is 0 Å². The van der Waals surface area contributed by atoms with Crippen LogP contribution in [0.25, 0.3) is 0 Å². The lowest BCUT2D eigenvalue weighted by Gasteiger charge is -1.90. The van der Waals surface area contributed by atoms with E-state index in [0.717, 1.165) is 0 Å². The number of rotatable bonds is 1. The van der Waals surface area contributed by atoms with Gasteiger partial charge in [0, 0.05) is 6.92 Å². The summed E-state index contributed by atoms with van der Waals surface area (Å²) in [5.74, 6) is -0.160. The predicted molar refractivity (Wildman–Crippen MR) is 28.6 cm³/mol. The van der Waals surface area contributed by atoms with E-state index in [4.69, 9.17) is 4.74 Å². The third-order valence-electron chi connectivity index (χ3n) is 0.824. The summed E-state index contributed by atoms with van der Waals surface area (Å²) < 4.78 is 4.75. The molecule has 0 N–H and O–H groups in total. The van der Waals surface area contributed by atoms with Crippen LogP contribution in [-0.2, 0) is 9.53 Å². The zero-order valence-corrected chi connectivity index (χ0v) is 4.39. The summed E-state index contributed by atoms with van der Waals surface area (Å²) >= 11 is 0. The van der Waals surface area contributed by atoms with Crippen molar-refractivity contribution in [3.05, 3.63) is 6.92 Å². The second-order valence-electron chi connectivity index (χ2n) is 1.46. The van der Waals surface area contributed by atoms with Crippen molar-refractivity contribution in [3.63, 3.8) is 0 Å². The topological polar surface area (TPSA) is 38.7 Å². The Morgan fingerprint density at radius 2 is 2.62 bits per heavy atom. The highest BCUT2D eigenvalue weighted by Crippen LogP contribution is 1.93. The minimum Gasteiger partial charge on any atom is -0.473 e. The van der Waals surface area contributed by atoms with Gasteiger partial charge in [-0.2, -0.15) is 0 Å². The number of ether oxygens (including phenoxy) is 1. The minimum atomic E-state index is -0.331. The van der Waals surface area contributed by atoms with E-state index in [1.165, 1.54) is 0 Å². The highest BCUT2D eigenvalue weighted by Gasteiger charge is 2.10. The van der Waals surface area contributed by atoms with Gasteiger partial charge in [-0.25, -0.2) is 4.99 Å². The van der Waals surface area contributed by atoms with E-state index in [0.29, 0.717) is 13.2 Å². The molecule has 1 rings (SSSR count). The van der Waals surface area contributed by atoms with Crippen LogP contribution in [0.4, 0.5) is 0 Å². The van der Waals surface area contributed by atoms with Crippen LogP contribution in [0.5, 0.6) is 0 Å². The van der Waals surface area contributed by atoms with Crippen LogP contribution in [0.3, 0.4) is 0 Å². The molecule has 8 heavy (non-hydrogen) atoms. The van der Waals surface area contributed by atoms with Crippen molar-refractivity contribution < 1.29 is 9.53 Å². The lowest BCUT2D eigenvalue weighted by atomic mass is 10.5. The molecule has 1 aliphatic heterocycles. The summed E-state index contributed by atoms with van der Waals surface area (Å²) in [4.78, 5) is 14.0. The minimum absolute atomic E-state index is 0.171. The van der Waals surface area contributed by atoms with E-state index in [1.807, 2.05) is 0 Å². The fourth-order valence-corrected chi connectivity index (χ4v) is 0.504. The highest BCUT2D eigenvalue weighted by atomic mass is 16.5. The van der Waals surface area contributed by atoms with Gasteiger partial charge in [0.1, 0.15) is 6.61 Å².